The summed E-state index contributed by atoms with van der Waals surface area (Å²) in [4.78, 5) is 32.2. The monoisotopic (exact) mass is 772 g/mol. The first kappa shape index (κ1) is 29.6. The van der Waals surface area contributed by atoms with Crippen molar-refractivity contribution in [1.82, 2.24) is 4.57 Å². The zero-order valence-electron chi connectivity index (χ0n) is 23.5. The molecule has 0 bridgehead atoms. The quantitative estimate of drug-likeness (QED) is 0.175. The Morgan fingerprint density at radius 2 is 1.91 bits per heavy atom. The van der Waals surface area contributed by atoms with Crippen LogP contribution >= 0.6 is 49.9 Å². The third kappa shape index (κ3) is 5.89. The number of halogens is 2. The summed E-state index contributed by atoms with van der Waals surface area (Å²) in [5.74, 6) is 1.66. The van der Waals surface area contributed by atoms with E-state index in [2.05, 4.69) is 43.5 Å². The summed E-state index contributed by atoms with van der Waals surface area (Å²) in [7, 11) is 0. The highest BCUT2D eigenvalue weighted by atomic mass is 127. The van der Waals surface area contributed by atoms with E-state index in [0.717, 1.165) is 36.0 Å². The largest absolute Gasteiger partial charge is 0.487 e. The zero-order chi connectivity index (χ0) is 30.2. The van der Waals surface area contributed by atoms with Crippen LogP contribution in [0.2, 0.25) is 0 Å². The molecule has 0 amide bonds. The van der Waals surface area contributed by atoms with Crippen LogP contribution in [0.15, 0.2) is 80.1 Å². The van der Waals surface area contributed by atoms with Gasteiger partial charge in [-0.1, -0.05) is 47.2 Å². The van der Waals surface area contributed by atoms with Crippen LogP contribution in [-0.4, -0.2) is 23.9 Å². The van der Waals surface area contributed by atoms with Crippen molar-refractivity contribution in [2.45, 2.75) is 33.4 Å². The molecule has 0 N–H and O–H groups in total. The highest BCUT2D eigenvalue weighted by Gasteiger charge is 2.33. The van der Waals surface area contributed by atoms with Gasteiger partial charge < -0.3 is 18.9 Å². The van der Waals surface area contributed by atoms with Gasteiger partial charge in [0.15, 0.2) is 16.3 Å². The van der Waals surface area contributed by atoms with Gasteiger partial charge in [-0.15, -0.1) is 0 Å². The number of esters is 1. The second-order valence-electron chi connectivity index (χ2n) is 10.0. The molecular formula is C32H26BrIN2O6S. The van der Waals surface area contributed by atoms with E-state index >= 15 is 0 Å². The van der Waals surface area contributed by atoms with Crippen LogP contribution in [0.4, 0.5) is 0 Å². The summed E-state index contributed by atoms with van der Waals surface area (Å²) in [6.07, 6.45) is 1.84. The van der Waals surface area contributed by atoms with Gasteiger partial charge in [0, 0.05) is 0 Å². The molecule has 0 saturated heterocycles. The molecule has 0 fully saturated rings. The summed E-state index contributed by atoms with van der Waals surface area (Å²) in [6.45, 7) is 6.34. The Hall–Kier alpha value is -3.42. The number of nitrogens with zero attached hydrogens (tertiary/aromatic N) is 2. The van der Waals surface area contributed by atoms with Crippen molar-refractivity contribution in [2.24, 2.45) is 4.99 Å². The molecule has 3 aromatic carbocycles. The normalized spacial score (nSPS) is 15.7. The molecule has 0 radical (unpaired) electrons. The predicted octanol–water partition coefficient (Wildman–Crippen LogP) is 5.78. The van der Waals surface area contributed by atoms with Gasteiger partial charge in [0.05, 0.1) is 36.5 Å². The minimum atomic E-state index is -0.642. The van der Waals surface area contributed by atoms with Gasteiger partial charge in [-0.05, 0) is 106 Å². The summed E-state index contributed by atoms with van der Waals surface area (Å²) < 4.78 is 26.1. The Labute approximate surface area is 273 Å². The van der Waals surface area contributed by atoms with E-state index in [-0.39, 0.29) is 19.0 Å². The molecule has 2 aliphatic heterocycles. The van der Waals surface area contributed by atoms with Crippen molar-refractivity contribution in [3.8, 4) is 17.2 Å². The van der Waals surface area contributed by atoms with E-state index in [9.17, 15) is 9.59 Å². The Bertz CT molecular complexity index is 1940. The van der Waals surface area contributed by atoms with Crippen LogP contribution in [0.25, 0.3) is 6.08 Å². The minimum Gasteiger partial charge on any atom is -0.487 e. The molecule has 0 saturated carbocycles. The van der Waals surface area contributed by atoms with Crippen molar-refractivity contribution < 1.29 is 23.7 Å². The SMILES string of the molecule is CCOC(=O)C1=C(C)N=c2s/c(=C/c3cc(Br)c(OCc4ccc5c(c4)OCO5)c(I)c3)c(=O)n2[C@@H]1c1ccc(C)cc1. The number of aromatic nitrogens is 1. The van der Waals surface area contributed by atoms with Gasteiger partial charge in [-0.25, -0.2) is 9.79 Å². The Kier molecular flexibility index (Phi) is 8.47. The van der Waals surface area contributed by atoms with Gasteiger partial charge >= 0.3 is 5.97 Å². The highest BCUT2D eigenvalue weighted by Crippen LogP contribution is 2.36. The fourth-order valence-electron chi connectivity index (χ4n) is 4.99. The first-order valence-corrected chi connectivity index (χ1v) is 16.2. The molecule has 1 atom stereocenters. The van der Waals surface area contributed by atoms with Crippen LogP contribution in [0, 0.1) is 10.5 Å². The Morgan fingerprint density at radius 1 is 1.14 bits per heavy atom. The molecule has 1 aromatic heterocycles. The van der Waals surface area contributed by atoms with Crippen LogP contribution in [0.3, 0.4) is 0 Å². The number of benzene rings is 3. The number of hydrogen-bond acceptors (Lipinski definition) is 8. The molecule has 6 rings (SSSR count). The maximum atomic E-state index is 13.9. The number of aryl methyl sites for hydroxylation is 1. The van der Waals surface area contributed by atoms with E-state index < -0.39 is 12.0 Å². The molecule has 11 heteroatoms. The van der Waals surface area contributed by atoms with E-state index in [0.29, 0.717) is 38.7 Å². The molecule has 3 heterocycles. The predicted molar refractivity (Wildman–Crippen MR) is 175 cm³/mol. The molecule has 43 heavy (non-hydrogen) atoms. The molecule has 0 aliphatic carbocycles. The van der Waals surface area contributed by atoms with Crippen LogP contribution < -0.4 is 29.1 Å². The number of allylic oxidation sites excluding steroid dienone is 1. The molecule has 220 valence electrons. The number of carbonyl (C=O) groups excluding carboxylic acids is 1. The zero-order valence-corrected chi connectivity index (χ0v) is 28.0. The molecular weight excluding hydrogens is 747 g/mol. The fraction of sp³-hybridized carbons (Fsp3) is 0.219. The first-order valence-electron chi connectivity index (χ1n) is 13.5. The van der Waals surface area contributed by atoms with E-state index in [4.69, 9.17) is 18.9 Å². The third-order valence-corrected chi connectivity index (χ3v) is 9.42. The van der Waals surface area contributed by atoms with Gasteiger partial charge in [-0.2, -0.15) is 0 Å². The third-order valence-electron chi connectivity index (χ3n) is 7.05. The highest BCUT2D eigenvalue weighted by molar-refractivity contribution is 14.1. The average Bonchev–Trinajstić information content (AvgIpc) is 3.56. The van der Waals surface area contributed by atoms with Crippen molar-refractivity contribution in [3.63, 3.8) is 0 Å². The Balaban J connectivity index is 1.35. The molecule has 0 spiro atoms. The summed E-state index contributed by atoms with van der Waals surface area (Å²) in [5, 5.41) is 0. The lowest BCUT2D eigenvalue weighted by atomic mass is 9.95. The lowest BCUT2D eigenvalue weighted by molar-refractivity contribution is -0.139. The average molecular weight is 773 g/mol. The lowest BCUT2D eigenvalue weighted by Gasteiger charge is -2.24. The topological polar surface area (TPSA) is 88.4 Å². The number of rotatable bonds is 7. The van der Waals surface area contributed by atoms with Gasteiger partial charge in [0.2, 0.25) is 6.79 Å². The van der Waals surface area contributed by atoms with E-state index in [1.54, 1.807) is 18.4 Å². The number of fused-ring (bicyclic) bond motifs is 2. The van der Waals surface area contributed by atoms with Crippen molar-refractivity contribution in [1.29, 1.82) is 0 Å². The number of carbonyl (C=O) groups is 1. The van der Waals surface area contributed by atoms with Gasteiger partial charge in [0.1, 0.15) is 12.4 Å². The number of thiazole rings is 1. The molecule has 4 aromatic rings. The Morgan fingerprint density at radius 3 is 2.65 bits per heavy atom. The second kappa shape index (κ2) is 12.3. The maximum Gasteiger partial charge on any atom is 0.338 e. The van der Waals surface area contributed by atoms with Crippen molar-refractivity contribution in [3.05, 3.63) is 116 Å². The molecule has 8 nitrogen and oxygen atoms in total. The first-order chi connectivity index (χ1) is 20.7. The molecule has 0 unspecified atom stereocenters. The van der Waals surface area contributed by atoms with Crippen molar-refractivity contribution in [2.75, 3.05) is 13.4 Å². The van der Waals surface area contributed by atoms with E-state index in [1.165, 1.54) is 11.3 Å². The lowest BCUT2D eigenvalue weighted by Crippen LogP contribution is -2.39. The van der Waals surface area contributed by atoms with Crippen LogP contribution in [0.5, 0.6) is 17.2 Å². The van der Waals surface area contributed by atoms with Gasteiger partial charge in [-0.3, -0.25) is 9.36 Å². The van der Waals surface area contributed by atoms with Crippen molar-refractivity contribution >= 4 is 61.9 Å². The van der Waals surface area contributed by atoms with Crippen LogP contribution in [-0.2, 0) is 16.1 Å². The standard InChI is InChI=1S/C32H26BrIN2O6S/c1-4-39-31(38)27-18(3)35-32-36(28(27)21-8-5-17(2)6-9-21)30(37)26(43-32)14-20-11-22(33)29(23(34)12-20)40-15-19-7-10-24-25(13-19)42-16-41-24/h5-14,28H,4,15-16H2,1-3H3/b26-14+/t28-/m1/s1. The minimum absolute atomic E-state index is 0.223. The van der Waals surface area contributed by atoms with Gasteiger partial charge in [0.25, 0.3) is 5.56 Å². The number of hydrogen-bond donors (Lipinski definition) is 0. The number of ether oxygens (including phenoxy) is 4. The molecule has 2 aliphatic rings. The summed E-state index contributed by atoms with van der Waals surface area (Å²) in [5.41, 5.74) is 4.36. The van der Waals surface area contributed by atoms with Crippen LogP contribution in [0.1, 0.15) is 42.1 Å². The van der Waals surface area contributed by atoms with E-state index in [1.807, 2.05) is 67.6 Å². The summed E-state index contributed by atoms with van der Waals surface area (Å²) >= 11 is 7.17. The maximum absolute atomic E-state index is 13.9. The second-order valence-corrected chi connectivity index (χ2v) is 13.0. The smallest absolute Gasteiger partial charge is 0.338 e. The fourth-order valence-corrected chi connectivity index (χ4v) is 7.81. The summed E-state index contributed by atoms with van der Waals surface area (Å²) in [6, 6.07) is 16.8.